The van der Waals surface area contributed by atoms with Crippen molar-refractivity contribution in [2.24, 2.45) is 5.92 Å². The van der Waals surface area contributed by atoms with E-state index in [1.165, 1.54) is 12.1 Å². The zero-order valence-corrected chi connectivity index (χ0v) is 20.8. The quantitative estimate of drug-likeness (QED) is 0.253. The van der Waals surface area contributed by atoms with Crippen molar-refractivity contribution >= 4 is 17.4 Å². The molecule has 1 aliphatic heterocycles. The second-order valence-electron chi connectivity index (χ2n) is 9.69. The van der Waals surface area contributed by atoms with Crippen molar-refractivity contribution in [1.82, 2.24) is 5.32 Å². The fraction of sp³-hybridized carbons (Fsp3) is 0.226. The highest BCUT2D eigenvalue weighted by Crippen LogP contribution is 2.47. The van der Waals surface area contributed by atoms with E-state index in [9.17, 15) is 19.7 Å². The first kappa shape index (κ1) is 25.1. The van der Waals surface area contributed by atoms with Crippen LogP contribution in [0.5, 0.6) is 0 Å². The Kier molecular flexibility index (Phi) is 7.18. The Morgan fingerprint density at radius 1 is 0.947 bits per heavy atom. The number of carbonyl (C=O) groups excluding carboxylic acids is 2. The van der Waals surface area contributed by atoms with Gasteiger partial charge in [0.2, 0.25) is 0 Å². The molecule has 2 aliphatic rings. The van der Waals surface area contributed by atoms with Gasteiger partial charge in [-0.05, 0) is 29.0 Å². The van der Waals surface area contributed by atoms with Gasteiger partial charge in [0.1, 0.15) is 5.92 Å². The number of nitro benzene ring substituents is 1. The molecule has 3 aromatic rings. The molecule has 192 valence electrons. The third-order valence-electron chi connectivity index (χ3n) is 7.30. The molecule has 38 heavy (non-hydrogen) atoms. The fourth-order valence-corrected chi connectivity index (χ4v) is 5.46. The summed E-state index contributed by atoms with van der Waals surface area (Å²) in [5.41, 5.74) is 4.44. The minimum absolute atomic E-state index is 0.00892. The van der Waals surface area contributed by atoms with Crippen molar-refractivity contribution < 1.29 is 19.2 Å². The molecule has 5 rings (SSSR count). The second-order valence-corrected chi connectivity index (χ2v) is 9.69. The van der Waals surface area contributed by atoms with E-state index in [4.69, 9.17) is 4.74 Å². The summed E-state index contributed by atoms with van der Waals surface area (Å²) in [6.07, 6.45) is 1.48. The SMILES string of the molecule is C=C1NC2=C(C(=O)CC(c3ccccc3)C2)C(c2ccc([N+](=O)[O-])cc2)C1C(=O)OCCc1ccccc1. The van der Waals surface area contributed by atoms with Gasteiger partial charge in [-0.3, -0.25) is 19.7 Å². The molecule has 3 aromatic carbocycles. The molecular formula is C31H28N2O5. The lowest BCUT2D eigenvalue weighted by molar-refractivity contribution is -0.384. The lowest BCUT2D eigenvalue weighted by Gasteiger charge is -2.40. The van der Waals surface area contributed by atoms with Gasteiger partial charge in [-0.15, -0.1) is 0 Å². The Morgan fingerprint density at radius 2 is 1.61 bits per heavy atom. The van der Waals surface area contributed by atoms with Crippen LogP contribution in [0.3, 0.4) is 0 Å². The van der Waals surface area contributed by atoms with Crippen LogP contribution in [0.4, 0.5) is 5.69 Å². The van der Waals surface area contributed by atoms with Crippen molar-refractivity contribution in [1.29, 1.82) is 0 Å². The summed E-state index contributed by atoms with van der Waals surface area (Å²) in [6, 6.07) is 25.6. The molecule has 3 atom stereocenters. The maximum absolute atomic E-state index is 13.7. The van der Waals surface area contributed by atoms with E-state index in [0.717, 1.165) is 16.8 Å². The number of hydrogen-bond acceptors (Lipinski definition) is 6. The zero-order chi connectivity index (χ0) is 26.6. The van der Waals surface area contributed by atoms with Crippen molar-refractivity contribution in [2.45, 2.75) is 31.1 Å². The number of nitrogens with one attached hydrogen (secondary N) is 1. The number of non-ortho nitro benzene ring substituents is 1. The van der Waals surface area contributed by atoms with E-state index in [0.29, 0.717) is 36.1 Å². The fourth-order valence-electron chi connectivity index (χ4n) is 5.46. The highest BCUT2D eigenvalue weighted by atomic mass is 16.6. The molecule has 0 radical (unpaired) electrons. The van der Waals surface area contributed by atoms with Crippen LogP contribution in [0.25, 0.3) is 0 Å². The number of ether oxygens (including phenoxy) is 1. The Morgan fingerprint density at radius 3 is 2.26 bits per heavy atom. The summed E-state index contributed by atoms with van der Waals surface area (Å²) < 4.78 is 5.69. The molecule has 1 N–H and O–H groups in total. The number of allylic oxidation sites excluding steroid dienone is 2. The number of nitro groups is 1. The van der Waals surface area contributed by atoms with Gasteiger partial charge < -0.3 is 10.1 Å². The lowest BCUT2D eigenvalue weighted by Crippen LogP contribution is -2.42. The molecule has 3 unspecified atom stereocenters. The molecule has 0 bridgehead atoms. The first-order valence-corrected chi connectivity index (χ1v) is 12.6. The maximum atomic E-state index is 13.7. The molecule has 1 heterocycles. The smallest absolute Gasteiger partial charge is 0.315 e. The first-order valence-electron chi connectivity index (χ1n) is 12.6. The molecule has 7 nitrogen and oxygen atoms in total. The average molecular weight is 509 g/mol. The largest absolute Gasteiger partial charge is 0.465 e. The molecule has 7 heteroatoms. The number of ketones is 1. The summed E-state index contributed by atoms with van der Waals surface area (Å²) in [6.45, 7) is 4.34. The maximum Gasteiger partial charge on any atom is 0.315 e. The minimum atomic E-state index is -0.844. The van der Waals surface area contributed by atoms with Gasteiger partial charge in [0, 0.05) is 47.9 Å². The molecule has 0 saturated carbocycles. The van der Waals surface area contributed by atoms with Crippen LogP contribution in [-0.2, 0) is 20.7 Å². The van der Waals surface area contributed by atoms with Gasteiger partial charge >= 0.3 is 5.97 Å². The van der Waals surface area contributed by atoms with E-state index < -0.39 is 22.7 Å². The third-order valence-corrected chi connectivity index (χ3v) is 7.30. The van der Waals surface area contributed by atoms with Crippen LogP contribution >= 0.6 is 0 Å². The summed E-state index contributed by atoms with van der Waals surface area (Å²) in [5.74, 6) is -2.01. The van der Waals surface area contributed by atoms with Crippen LogP contribution in [0.1, 0.15) is 41.4 Å². The number of Topliss-reactive ketones (excluding diaryl/α,β-unsaturated/α-hetero) is 1. The average Bonchev–Trinajstić information content (AvgIpc) is 2.93. The van der Waals surface area contributed by atoms with E-state index in [1.807, 2.05) is 60.7 Å². The van der Waals surface area contributed by atoms with Gasteiger partial charge in [-0.1, -0.05) is 79.4 Å². The van der Waals surface area contributed by atoms with Crippen LogP contribution < -0.4 is 5.32 Å². The number of esters is 1. The predicted molar refractivity (Wildman–Crippen MR) is 143 cm³/mol. The van der Waals surface area contributed by atoms with Crippen molar-refractivity contribution in [3.8, 4) is 0 Å². The Balaban J connectivity index is 1.47. The van der Waals surface area contributed by atoms with Gasteiger partial charge in [0.15, 0.2) is 5.78 Å². The molecule has 0 aromatic heterocycles. The van der Waals surface area contributed by atoms with Crippen molar-refractivity contribution in [3.63, 3.8) is 0 Å². The number of rotatable bonds is 7. The third kappa shape index (κ3) is 5.13. The molecule has 0 spiro atoms. The monoisotopic (exact) mass is 508 g/mol. The summed E-state index contributed by atoms with van der Waals surface area (Å²) in [5, 5.41) is 14.5. The number of benzene rings is 3. The summed E-state index contributed by atoms with van der Waals surface area (Å²) >= 11 is 0. The van der Waals surface area contributed by atoms with Crippen molar-refractivity contribution in [2.75, 3.05) is 6.61 Å². The molecular weight excluding hydrogens is 480 g/mol. The van der Waals surface area contributed by atoms with Crippen LogP contribution in [0.2, 0.25) is 0 Å². The van der Waals surface area contributed by atoms with E-state index in [-0.39, 0.29) is 24.0 Å². The Hall–Kier alpha value is -4.52. The van der Waals surface area contributed by atoms with Gasteiger partial charge in [-0.25, -0.2) is 0 Å². The Bertz CT molecular complexity index is 1400. The van der Waals surface area contributed by atoms with Crippen molar-refractivity contribution in [3.05, 3.63) is 135 Å². The standard InChI is InChI=1S/C31H28N2O5/c1-20-28(31(35)38-17-16-21-8-4-2-5-9-21)29(23-12-14-25(15-13-23)33(36)37)30-26(32-20)18-24(19-27(30)34)22-10-6-3-7-11-22/h2-15,24,28-29,32H,1,16-19H2. The van der Waals surface area contributed by atoms with Crippen LogP contribution in [0, 0.1) is 16.0 Å². The highest BCUT2D eigenvalue weighted by molar-refractivity contribution is 6.01. The number of nitrogens with zero attached hydrogens (tertiary/aromatic N) is 1. The predicted octanol–water partition coefficient (Wildman–Crippen LogP) is 5.60. The zero-order valence-electron chi connectivity index (χ0n) is 20.8. The Labute approximate surface area is 221 Å². The van der Waals surface area contributed by atoms with Crippen LogP contribution in [0.15, 0.2) is 108 Å². The second kappa shape index (κ2) is 10.8. The van der Waals surface area contributed by atoms with E-state index in [1.54, 1.807) is 12.1 Å². The highest BCUT2D eigenvalue weighted by Gasteiger charge is 2.45. The summed E-state index contributed by atoms with van der Waals surface area (Å²) in [4.78, 5) is 37.9. The molecule has 0 amide bonds. The minimum Gasteiger partial charge on any atom is -0.465 e. The normalized spacial score (nSPS) is 20.9. The van der Waals surface area contributed by atoms with Gasteiger partial charge in [0.25, 0.3) is 5.69 Å². The first-order chi connectivity index (χ1) is 18.4. The number of hydrogen-bond donors (Lipinski definition) is 1. The van der Waals surface area contributed by atoms with E-state index >= 15 is 0 Å². The number of carbonyl (C=O) groups is 2. The molecule has 0 fully saturated rings. The topological polar surface area (TPSA) is 98.5 Å². The lowest BCUT2D eigenvalue weighted by atomic mass is 9.69. The van der Waals surface area contributed by atoms with Gasteiger partial charge in [0.05, 0.1) is 11.5 Å². The van der Waals surface area contributed by atoms with Crippen LogP contribution in [-0.4, -0.2) is 23.3 Å². The van der Waals surface area contributed by atoms with Gasteiger partial charge in [-0.2, -0.15) is 0 Å². The summed E-state index contributed by atoms with van der Waals surface area (Å²) in [7, 11) is 0. The van der Waals surface area contributed by atoms with E-state index in [2.05, 4.69) is 11.9 Å². The molecule has 1 aliphatic carbocycles. The molecule has 0 saturated heterocycles.